The van der Waals surface area contributed by atoms with Gasteiger partial charge in [0, 0.05) is 40.2 Å². The largest absolute Gasteiger partial charge is 0.500 e. The standard InChI is InChI=1S/C13H30NO3Si/c1-5-14(10-6-7-11-14)12-8-9-13-18(15-2,16-3)17-4/h5-13H2,1-4H3/q+1. The number of hydrogen-bond donors (Lipinski definition) is 0. The molecule has 0 unspecified atom stereocenters. The number of quaternary nitrogens is 1. The predicted molar refractivity (Wildman–Crippen MR) is 75.5 cm³/mol. The number of likely N-dealkylation sites (tertiary alicyclic amines) is 1. The zero-order valence-electron chi connectivity index (χ0n) is 12.5. The minimum absolute atomic E-state index is 0.931. The van der Waals surface area contributed by atoms with E-state index in [1.54, 1.807) is 21.3 Å². The highest BCUT2D eigenvalue weighted by atomic mass is 28.4. The summed E-state index contributed by atoms with van der Waals surface area (Å²) < 4.78 is 17.7. The molecule has 0 amide bonds. The second-order valence-electron chi connectivity index (χ2n) is 5.29. The first-order chi connectivity index (χ1) is 8.66. The molecule has 1 fully saturated rings. The van der Waals surface area contributed by atoms with E-state index in [0.717, 1.165) is 12.5 Å². The summed E-state index contributed by atoms with van der Waals surface area (Å²) >= 11 is 0. The van der Waals surface area contributed by atoms with Gasteiger partial charge in [0.1, 0.15) is 0 Å². The van der Waals surface area contributed by atoms with Crippen molar-refractivity contribution in [2.45, 2.75) is 38.7 Å². The van der Waals surface area contributed by atoms with Crippen LogP contribution < -0.4 is 0 Å². The highest BCUT2D eigenvalue weighted by Crippen LogP contribution is 2.22. The summed E-state index contributed by atoms with van der Waals surface area (Å²) in [5, 5.41) is 0. The lowest BCUT2D eigenvalue weighted by Gasteiger charge is -2.33. The van der Waals surface area contributed by atoms with E-state index in [4.69, 9.17) is 13.3 Å². The lowest BCUT2D eigenvalue weighted by Crippen LogP contribution is -2.46. The Morgan fingerprint density at radius 3 is 1.94 bits per heavy atom. The third-order valence-corrected chi connectivity index (χ3v) is 7.32. The Morgan fingerprint density at radius 2 is 1.50 bits per heavy atom. The maximum atomic E-state index is 5.45. The second-order valence-corrected chi connectivity index (χ2v) is 8.38. The summed E-state index contributed by atoms with van der Waals surface area (Å²) in [5.74, 6) is 0. The minimum atomic E-state index is -2.34. The average molecular weight is 276 g/mol. The third kappa shape index (κ3) is 4.03. The van der Waals surface area contributed by atoms with Crippen LogP contribution in [0.15, 0.2) is 0 Å². The Hall–Kier alpha value is 0.0569. The van der Waals surface area contributed by atoms with Crippen molar-refractivity contribution in [3.8, 4) is 0 Å². The molecule has 1 rings (SSSR count). The van der Waals surface area contributed by atoms with Gasteiger partial charge in [0.2, 0.25) is 0 Å². The molecule has 0 radical (unpaired) electrons. The van der Waals surface area contributed by atoms with E-state index < -0.39 is 8.80 Å². The molecule has 0 aliphatic carbocycles. The highest BCUT2D eigenvalue weighted by Gasteiger charge is 2.37. The van der Waals surface area contributed by atoms with Crippen LogP contribution in [0.3, 0.4) is 0 Å². The van der Waals surface area contributed by atoms with Crippen LogP contribution in [0.2, 0.25) is 6.04 Å². The van der Waals surface area contributed by atoms with Crippen molar-refractivity contribution in [1.29, 1.82) is 0 Å². The number of nitrogens with zero attached hydrogens (tertiary/aromatic N) is 1. The number of rotatable bonds is 9. The van der Waals surface area contributed by atoms with Gasteiger partial charge in [-0.3, -0.25) is 0 Å². The Labute approximate surface area is 113 Å². The van der Waals surface area contributed by atoms with Gasteiger partial charge in [-0.2, -0.15) is 0 Å². The van der Waals surface area contributed by atoms with Crippen LogP contribution >= 0.6 is 0 Å². The van der Waals surface area contributed by atoms with Crippen LogP contribution in [-0.4, -0.2) is 60.8 Å². The van der Waals surface area contributed by atoms with Gasteiger partial charge in [0.25, 0.3) is 0 Å². The van der Waals surface area contributed by atoms with E-state index in [-0.39, 0.29) is 0 Å². The summed E-state index contributed by atoms with van der Waals surface area (Å²) in [4.78, 5) is 0. The van der Waals surface area contributed by atoms with Crippen molar-refractivity contribution in [3.05, 3.63) is 0 Å². The van der Waals surface area contributed by atoms with E-state index >= 15 is 0 Å². The molecule has 108 valence electrons. The molecule has 18 heavy (non-hydrogen) atoms. The first-order valence-corrected chi connectivity index (χ1v) is 9.09. The van der Waals surface area contributed by atoms with Crippen molar-refractivity contribution in [2.75, 3.05) is 47.5 Å². The Balaban J connectivity index is 2.29. The molecular formula is C13H30NO3Si+. The van der Waals surface area contributed by atoms with E-state index in [1.807, 2.05) is 0 Å². The van der Waals surface area contributed by atoms with Crippen LogP contribution in [0.25, 0.3) is 0 Å². The molecule has 0 bridgehead atoms. The summed E-state index contributed by atoms with van der Waals surface area (Å²) in [6.45, 7) is 7.65. The molecule has 0 spiro atoms. The molecule has 1 heterocycles. The predicted octanol–water partition coefficient (Wildman–Crippen LogP) is 2.28. The van der Waals surface area contributed by atoms with Crippen molar-refractivity contribution in [3.63, 3.8) is 0 Å². The fraction of sp³-hybridized carbons (Fsp3) is 1.00. The first kappa shape index (κ1) is 16.1. The van der Waals surface area contributed by atoms with Crippen LogP contribution in [0, 0.1) is 0 Å². The van der Waals surface area contributed by atoms with Gasteiger partial charge >= 0.3 is 8.80 Å². The van der Waals surface area contributed by atoms with Gasteiger partial charge in [0.05, 0.1) is 26.2 Å². The molecule has 0 aromatic heterocycles. The van der Waals surface area contributed by atoms with E-state index in [9.17, 15) is 0 Å². The number of hydrogen-bond acceptors (Lipinski definition) is 3. The summed E-state index contributed by atoms with van der Waals surface area (Å²) in [7, 11) is 2.75. The van der Waals surface area contributed by atoms with Gasteiger partial charge in [-0.1, -0.05) is 0 Å². The Kier molecular flexibility index (Phi) is 6.80. The molecule has 1 aliphatic heterocycles. The molecule has 1 saturated heterocycles. The van der Waals surface area contributed by atoms with Crippen molar-refractivity contribution in [1.82, 2.24) is 0 Å². The number of unbranched alkanes of at least 4 members (excludes halogenated alkanes) is 1. The maximum Gasteiger partial charge on any atom is 0.500 e. The van der Waals surface area contributed by atoms with E-state index in [2.05, 4.69) is 6.92 Å². The molecule has 0 aromatic carbocycles. The van der Waals surface area contributed by atoms with Crippen LogP contribution in [0.1, 0.15) is 32.6 Å². The zero-order chi connectivity index (χ0) is 13.5. The quantitative estimate of drug-likeness (QED) is 0.367. The lowest BCUT2D eigenvalue weighted by molar-refractivity contribution is -0.915. The zero-order valence-corrected chi connectivity index (χ0v) is 13.5. The molecule has 0 saturated carbocycles. The van der Waals surface area contributed by atoms with Gasteiger partial charge in [-0.05, 0) is 19.8 Å². The molecule has 1 aliphatic rings. The second kappa shape index (κ2) is 7.60. The summed E-state index contributed by atoms with van der Waals surface area (Å²) in [5.41, 5.74) is 0. The molecule has 0 N–H and O–H groups in total. The summed E-state index contributed by atoms with van der Waals surface area (Å²) in [6.07, 6.45) is 5.20. The fourth-order valence-electron chi connectivity index (χ4n) is 3.05. The Morgan fingerprint density at radius 1 is 0.944 bits per heavy atom. The fourth-order valence-corrected chi connectivity index (χ4v) is 4.84. The van der Waals surface area contributed by atoms with Gasteiger partial charge in [-0.15, -0.1) is 0 Å². The normalized spacial score (nSPS) is 19.3. The molecule has 0 aromatic rings. The third-order valence-electron chi connectivity index (χ3n) is 4.48. The lowest BCUT2D eigenvalue weighted by atomic mass is 10.2. The maximum absolute atomic E-state index is 5.45. The van der Waals surface area contributed by atoms with Crippen LogP contribution in [-0.2, 0) is 13.3 Å². The van der Waals surface area contributed by atoms with Crippen molar-refractivity contribution < 1.29 is 17.8 Å². The van der Waals surface area contributed by atoms with Crippen molar-refractivity contribution >= 4 is 8.80 Å². The molecule has 0 atom stereocenters. The van der Waals surface area contributed by atoms with Crippen molar-refractivity contribution in [2.24, 2.45) is 0 Å². The molecular weight excluding hydrogens is 246 g/mol. The average Bonchev–Trinajstić information content (AvgIpc) is 2.89. The van der Waals surface area contributed by atoms with E-state index in [0.29, 0.717) is 0 Å². The first-order valence-electron chi connectivity index (χ1n) is 7.16. The van der Waals surface area contributed by atoms with Gasteiger partial charge < -0.3 is 17.8 Å². The van der Waals surface area contributed by atoms with E-state index in [1.165, 1.54) is 49.9 Å². The Bertz CT molecular complexity index is 210. The monoisotopic (exact) mass is 276 g/mol. The summed E-state index contributed by atoms with van der Waals surface area (Å²) in [6, 6.07) is 0.931. The SMILES string of the molecule is CC[N+]1(CCCC[Si](OC)(OC)OC)CCCC1. The smallest absolute Gasteiger partial charge is 0.377 e. The van der Waals surface area contributed by atoms with Gasteiger partial charge in [-0.25, -0.2) is 0 Å². The van der Waals surface area contributed by atoms with Crippen LogP contribution in [0.5, 0.6) is 0 Å². The highest BCUT2D eigenvalue weighted by molar-refractivity contribution is 6.60. The van der Waals surface area contributed by atoms with Crippen LogP contribution in [0.4, 0.5) is 0 Å². The van der Waals surface area contributed by atoms with Gasteiger partial charge in [0.15, 0.2) is 0 Å². The molecule has 4 nitrogen and oxygen atoms in total. The topological polar surface area (TPSA) is 27.7 Å². The minimum Gasteiger partial charge on any atom is -0.377 e. The molecule has 5 heteroatoms.